The van der Waals surface area contributed by atoms with Gasteiger partial charge < -0.3 is 10.4 Å². The fourth-order valence-electron chi connectivity index (χ4n) is 2.96. The molecule has 0 atom stereocenters. The van der Waals surface area contributed by atoms with E-state index in [1.54, 1.807) is 0 Å². The number of nitrogens with one attached hydrogen (secondary N) is 1. The van der Waals surface area contributed by atoms with Crippen LogP contribution < -0.4 is 5.32 Å². The summed E-state index contributed by atoms with van der Waals surface area (Å²) in [7, 11) is 0. The van der Waals surface area contributed by atoms with E-state index in [1.807, 2.05) is 0 Å². The van der Waals surface area contributed by atoms with Crippen molar-refractivity contribution < 1.29 is 27.9 Å². The number of rotatable bonds is 5. The van der Waals surface area contributed by atoms with Crippen LogP contribution >= 0.6 is 0 Å². The van der Waals surface area contributed by atoms with Crippen molar-refractivity contribution >= 4 is 17.6 Å². The second-order valence-electron chi connectivity index (χ2n) is 7.05. The van der Waals surface area contributed by atoms with Crippen LogP contribution in [0.15, 0.2) is 12.4 Å². The molecule has 1 aromatic heterocycles. The lowest BCUT2D eigenvalue weighted by Crippen LogP contribution is -2.35. The Bertz CT molecular complexity index is 632. The number of anilines is 1. The van der Waals surface area contributed by atoms with Crippen molar-refractivity contribution in [1.29, 1.82) is 0 Å². The maximum atomic E-state index is 12.6. The van der Waals surface area contributed by atoms with E-state index in [0.717, 1.165) is 0 Å². The minimum atomic E-state index is -4.15. The molecule has 9 heteroatoms. The molecule has 1 aliphatic carbocycles. The van der Waals surface area contributed by atoms with E-state index < -0.39 is 23.6 Å². The van der Waals surface area contributed by atoms with Crippen LogP contribution in [0.4, 0.5) is 18.9 Å². The van der Waals surface area contributed by atoms with Gasteiger partial charge >= 0.3 is 12.1 Å². The quantitative estimate of drug-likeness (QED) is 0.842. The SMILES string of the molecule is CC(C)(C(=O)O)n1cc(NC(=O)CC2CCC(C(F)(F)F)CC2)cn1. The third kappa shape index (κ3) is 4.73. The van der Waals surface area contributed by atoms with Gasteiger partial charge in [-0.15, -0.1) is 0 Å². The monoisotopic (exact) mass is 361 g/mol. The van der Waals surface area contributed by atoms with Crippen LogP contribution in [0.3, 0.4) is 0 Å². The number of halogens is 3. The van der Waals surface area contributed by atoms with Crippen molar-refractivity contribution in [2.45, 2.75) is 57.7 Å². The van der Waals surface area contributed by atoms with Gasteiger partial charge in [-0.05, 0) is 45.4 Å². The molecule has 25 heavy (non-hydrogen) atoms. The standard InChI is InChI=1S/C16H22F3N3O3/c1-15(2,14(24)25)22-9-12(8-20-22)21-13(23)7-10-3-5-11(6-4-10)16(17,18)19/h8-11H,3-7H2,1-2H3,(H,21,23)(H,24,25). The Hall–Kier alpha value is -2.06. The third-order valence-corrected chi connectivity index (χ3v) is 4.75. The van der Waals surface area contributed by atoms with Crippen LogP contribution in [-0.4, -0.2) is 32.9 Å². The molecule has 1 aromatic rings. The topological polar surface area (TPSA) is 84.2 Å². The molecule has 1 aliphatic rings. The third-order valence-electron chi connectivity index (χ3n) is 4.75. The predicted molar refractivity (Wildman–Crippen MR) is 83.9 cm³/mol. The molecular formula is C16H22F3N3O3. The van der Waals surface area contributed by atoms with Crippen LogP contribution in [0, 0.1) is 11.8 Å². The fraction of sp³-hybridized carbons (Fsp3) is 0.688. The average Bonchev–Trinajstić information content (AvgIpc) is 2.95. The molecule has 0 saturated heterocycles. The Kier molecular flexibility index (Phi) is 5.43. The van der Waals surface area contributed by atoms with Gasteiger partial charge in [-0.2, -0.15) is 18.3 Å². The number of hydrogen-bond donors (Lipinski definition) is 2. The summed E-state index contributed by atoms with van der Waals surface area (Å²) in [5, 5.41) is 15.7. The van der Waals surface area contributed by atoms with Crippen molar-refractivity contribution in [3.8, 4) is 0 Å². The van der Waals surface area contributed by atoms with Crippen molar-refractivity contribution in [3.05, 3.63) is 12.4 Å². The van der Waals surface area contributed by atoms with Crippen molar-refractivity contribution in [3.63, 3.8) is 0 Å². The number of carboxylic acid groups (broad SMARTS) is 1. The molecule has 1 heterocycles. The molecule has 0 bridgehead atoms. The number of aromatic nitrogens is 2. The first-order valence-corrected chi connectivity index (χ1v) is 8.15. The normalized spacial score (nSPS) is 21.8. The van der Waals surface area contributed by atoms with Gasteiger partial charge in [0.25, 0.3) is 0 Å². The first-order valence-electron chi connectivity index (χ1n) is 8.15. The lowest BCUT2D eigenvalue weighted by atomic mass is 9.80. The summed E-state index contributed by atoms with van der Waals surface area (Å²) in [5.74, 6) is -2.69. The van der Waals surface area contributed by atoms with Crippen LogP contribution in [0.5, 0.6) is 0 Å². The molecule has 1 saturated carbocycles. The summed E-state index contributed by atoms with van der Waals surface area (Å²) in [6.45, 7) is 2.96. The molecule has 0 aromatic carbocycles. The Balaban J connectivity index is 1.86. The highest BCUT2D eigenvalue weighted by Gasteiger charge is 2.41. The number of hydrogen-bond acceptors (Lipinski definition) is 3. The molecule has 1 fully saturated rings. The summed E-state index contributed by atoms with van der Waals surface area (Å²) in [6, 6.07) is 0. The van der Waals surface area contributed by atoms with Gasteiger partial charge in [0.1, 0.15) is 0 Å². The summed E-state index contributed by atoms with van der Waals surface area (Å²) in [4.78, 5) is 23.2. The van der Waals surface area contributed by atoms with Gasteiger partial charge in [-0.25, -0.2) is 4.79 Å². The lowest BCUT2D eigenvalue weighted by molar-refractivity contribution is -0.184. The van der Waals surface area contributed by atoms with Gasteiger partial charge in [0, 0.05) is 12.6 Å². The Morgan fingerprint density at radius 1 is 1.28 bits per heavy atom. The van der Waals surface area contributed by atoms with E-state index in [2.05, 4.69) is 10.4 Å². The van der Waals surface area contributed by atoms with Crippen molar-refractivity contribution in [2.24, 2.45) is 11.8 Å². The molecule has 0 spiro atoms. The van der Waals surface area contributed by atoms with E-state index in [9.17, 15) is 22.8 Å². The molecule has 0 aliphatic heterocycles. The predicted octanol–water partition coefficient (Wildman–Crippen LogP) is 3.40. The maximum absolute atomic E-state index is 12.6. The van der Waals surface area contributed by atoms with Gasteiger partial charge in [-0.1, -0.05) is 0 Å². The molecule has 2 rings (SSSR count). The van der Waals surface area contributed by atoms with Gasteiger partial charge in [0.05, 0.1) is 17.8 Å². The second kappa shape index (κ2) is 7.05. The molecule has 1 amide bonds. The molecule has 0 radical (unpaired) electrons. The number of alkyl halides is 3. The fourth-order valence-corrected chi connectivity index (χ4v) is 2.96. The summed E-state index contributed by atoms with van der Waals surface area (Å²) < 4.78 is 39.2. The molecular weight excluding hydrogens is 339 g/mol. The highest BCUT2D eigenvalue weighted by atomic mass is 19.4. The minimum Gasteiger partial charge on any atom is -0.479 e. The first-order chi connectivity index (χ1) is 11.5. The van der Waals surface area contributed by atoms with E-state index in [4.69, 9.17) is 5.11 Å². The first kappa shape index (κ1) is 19.3. The number of amides is 1. The minimum absolute atomic E-state index is 0.0617. The van der Waals surface area contributed by atoms with Crippen molar-refractivity contribution in [1.82, 2.24) is 9.78 Å². The van der Waals surface area contributed by atoms with E-state index >= 15 is 0 Å². The highest BCUT2D eigenvalue weighted by molar-refractivity contribution is 5.90. The number of carboxylic acids is 1. The number of nitrogens with zero attached hydrogens (tertiary/aromatic N) is 2. The largest absolute Gasteiger partial charge is 0.479 e. The smallest absolute Gasteiger partial charge is 0.391 e. The average molecular weight is 361 g/mol. The zero-order valence-corrected chi connectivity index (χ0v) is 14.1. The van der Waals surface area contributed by atoms with Crippen LogP contribution in [0.2, 0.25) is 0 Å². The zero-order valence-electron chi connectivity index (χ0n) is 14.1. The highest BCUT2D eigenvalue weighted by Crippen LogP contribution is 2.40. The van der Waals surface area contributed by atoms with E-state index in [-0.39, 0.29) is 31.1 Å². The Labute approximate surface area is 143 Å². The summed E-state index contributed by atoms with van der Waals surface area (Å²) in [6.07, 6.45) is -0.350. The Morgan fingerprint density at radius 3 is 2.40 bits per heavy atom. The van der Waals surface area contributed by atoms with Crippen LogP contribution in [0.1, 0.15) is 46.0 Å². The number of aliphatic carboxylic acids is 1. The van der Waals surface area contributed by atoms with Crippen LogP contribution in [0.25, 0.3) is 0 Å². The summed E-state index contributed by atoms with van der Waals surface area (Å²) in [5.41, 5.74) is -0.887. The Morgan fingerprint density at radius 2 is 1.88 bits per heavy atom. The second-order valence-corrected chi connectivity index (χ2v) is 7.05. The van der Waals surface area contributed by atoms with Crippen molar-refractivity contribution in [2.75, 3.05) is 5.32 Å². The molecule has 6 nitrogen and oxygen atoms in total. The number of carbonyl (C=O) groups is 2. The van der Waals surface area contributed by atoms with Gasteiger partial charge in [0.15, 0.2) is 5.54 Å². The molecule has 0 unspecified atom stereocenters. The van der Waals surface area contributed by atoms with Gasteiger partial charge in [0.2, 0.25) is 5.91 Å². The molecule has 140 valence electrons. The lowest BCUT2D eigenvalue weighted by Gasteiger charge is -2.29. The summed E-state index contributed by atoms with van der Waals surface area (Å²) >= 11 is 0. The van der Waals surface area contributed by atoms with Crippen LogP contribution in [-0.2, 0) is 15.1 Å². The molecule has 2 N–H and O–H groups in total. The van der Waals surface area contributed by atoms with Gasteiger partial charge in [-0.3, -0.25) is 9.48 Å². The number of carbonyl (C=O) groups excluding carboxylic acids is 1. The maximum Gasteiger partial charge on any atom is 0.391 e. The zero-order chi connectivity index (χ0) is 18.8. The van der Waals surface area contributed by atoms with E-state index in [1.165, 1.54) is 30.9 Å². The van der Waals surface area contributed by atoms with E-state index in [0.29, 0.717) is 18.5 Å².